The van der Waals surface area contributed by atoms with Gasteiger partial charge in [-0.05, 0) is 19.1 Å². The Morgan fingerprint density at radius 3 is 2.56 bits per heavy atom. The molecule has 0 bridgehead atoms. The zero-order valence-electron chi connectivity index (χ0n) is 12.8. The van der Waals surface area contributed by atoms with Gasteiger partial charge >= 0.3 is 5.97 Å². The summed E-state index contributed by atoms with van der Waals surface area (Å²) in [5.74, 6) is -1.65. The van der Waals surface area contributed by atoms with E-state index in [9.17, 15) is 14.4 Å². The second kappa shape index (κ2) is 8.29. The number of halogens is 3. The largest absolute Gasteiger partial charge is 0.451 e. The molecule has 0 spiro atoms. The van der Waals surface area contributed by atoms with E-state index in [0.29, 0.717) is 11.3 Å². The van der Waals surface area contributed by atoms with E-state index in [0.717, 1.165) is 6.20 Å². The number of benzene rings is 1. The molecule has 0 radical (unpaired) electrons. The highest BCUT2D eigenvalue weighted by atomic mass is 35.5. The third-order valence-electron chi connectivity index (χ3n) is 3.00. The van der Waals surface area contributed by atoms with Crippen LogP contribution < -0.4 is 5.32 Å². The molecule has 1 heterocycles. The van der Waals surface area contributed by atoms with E-state index in [2.05, 4.69) is 10.3 Å². The lowest BCUT2D eigenvalue weighted by atomic mass is 10.1. The lowest BCUT2D eigenvalue weighted by Gasteiger charge is -2.08. The molecular weight excluding hydrogens is 391 g/mol. The number of carbonyl (C=O) groups excluding carboxylic acids is 3. The van der Waals surface area contributed by atoms with Gasteiger partial charge in [-0.15, -0.1) is 0 Å². The Balaban J connectivity index is 1.98. The average molecular weight is 402 g/mol. The summed E-state index contributed by atoms with van der Waals surface area (Å²) >= 11 is 17.4. The van der Waals surface area contributed by atoms with E-state index in [1.54, 1.807) is 18.2 Å². The number of pyridine rings is 1. The molecule has 2 rings (SSSR count). The molecular formula is C16H11Cl3N2O4. The van der Waals surface area contributed by atoms with Gasteiger partial charge in [0.15, 0.2) is 18.1 Å². The van der Waals surface area contributed by atoms with Crippen LogP contribution in [0.15, 0.2) is 30.5 Å². The highest BCUT2D eigenvalue weighted by Crippen LogP contribution is 2.31. The minimum Gasteiger partial charge on any atom is -0.451 e. The zero-order valence-corrected chi connectivity index (χ0v) is 15.1. The van der Waals surface area contributed by atoms with Gasteiger partial charge in [0.05, 0.1) is 15.1 Å². The van der Waals surface area contributed by atoms with Crippen LogP contribution in [-0.4, -0.2) is 29.3 Å². The van der Waals surface area contributed by atoms with Crippen molar-refractivity contribution in [3.05, 3.63) is 56.8 Å². The van der Waals surface area contributed by atoms with Crippen molar-refractivity contribution in [3.63, 3.8) is 0 Å². The van der Waals surface area contributed by atoms with E-state index < -0.39 is 18.5 Å². The maximum absolute atomic E-state index is 11.9. The fourth-order valence-electron chi connectivity index (χ4n) is 1.80. The van der Waals surface area contributed by atoms with E-state index in [1.165, 1.54) is 13.0 Å². The number of anilines is 1. The number of rotatable bonds is 5. The lowest BCUT2D eigenvalue weighted by molar-refractivity contribution is -0.119. The number of nitrogens with zero attached hydrogens (tertiary/aromatic N) is 1. The molecule has 9 heteroatoms. The quantitative estimate of drug-likeness (QED) is 0.603. The third-order valence-corrected chi connectivity index (χ3v) is 4.24. The zero-order chi connectivity index (χ0) is 18.6. The molecule has 0 aliphatic rings. The fraction of sp³-hybridized carbons (Fsp3) is 0.125. The second-order valence-corrected chi connectivity index (χ2v) is 6.01. The number of esters is 1. The molecule has 130 valence electrons. The summed E-state index contributed by atoms with van der Waals surface area (Å²) in [6.45, 7) is 0.845. The first kappa shape index (κ1) is 19.2. The molecule has 25 heavy (non-hydrogen) atoms. The Hall–Kier alpha value is -2.15. The molecule has 0 aliphatic carbocycles. The van der Waals surface area contributed by atoms with Gasteiger partial charge in [-0.1, -0.05) is 46.9 Å². The summed E-state index contributed by atoms with van der Waals surface area (Å²) in [5, 5.41) is 2.41. The minimum atomic E-state index is -0.920. The standard InChI is InChI=1S/C16H11Cl3N2O4/c1-8(22)9-3-2-4-10(5-9)21-12(23)7-25-16(24)15-14(19)13(18)11(17)6-20-15/h2-6H,7H2,1H3,(H,21,23). The summed E-state index contributed by atoms with van der Waals surface area (Å²) in [5.41, 5.74) is 0.600. The number of nitrogens with one attached hydrogen (secondary N) is 1. The van der Waals surface area contributed by atoms with Gasteiger partial charge in [0.25, 0.3) is 5.91 Å². The van der Waals surface area contributed by atoms with Crippen molar-refractivity contribution in [1.29, 1.82) is 0 Å². The molecule has 0 saturated carbocycles. The molecule has 1 amide bonds. The number of aromatic nitrogens is 1. The third kappa shape index (κ3) is 4.92. The van der Waals surface area contributed by atoms with Crippen molar-refractivity contribution in [2.75, 3.05) is 11.9 Å². The van der Waals surface area contributed by atoms with E-state index in [1.807, 2.05) is 0 Å². The summed E-state index contributed by atoms with van der Waals surface area (Å²) in [6, 6.07) is 6.36. The van der Waals surface area contributed by atoms with Gasteiger partial charge in [0, 0.05) is 17.4 Å². The van der Waals surface area contributed by atoms with Gasteiger partial charge in [0.1, 0.15) is 0 Å². The number of ketones is 1. The fourth-order valence-corrected chi connectivity index (χ4v) is 2.36. The van der Waals surface area contributed by atoms with Crippen molar-refractivity contribution >= 4 is 58.1 Å². The van der Waals surface area contributed by atoms with E-state index in [-0.39, 0.29) is 26.5 Å². The number of amides is 1. The van der Waals surface area contributed by atoms with Crippen LogP contribution in [0, 0.1) is 0 Å². The number of carbonyl (C=O) groups is 3. The van der Waals surface area contributed by atoms with Gasteiger partial charge in [-0.2, -0.15) is 0 Å². The maximum Gasteiger partial charge on any atom is 0.359 e. The van der Waals surface area contributed by atoms with Gasteiger partial charge in [-0.25, -0.2) is 9.78 Å². The number of hydrogen-bond donors (Lipinski definition) is 1. The van der Waals surface area contributed by atoms with Gasteiger partial charge in [-0.3, -0.25) is 9.59 Å². The molecule has 2 aromatic rings. The molecule has 1 aromatic heterocycles. The molecule has 1 N–H and O–H groups in total. The molecule has 0 aliphatic heterocycles. The van der Waals surface area contributed by atoms with E-state index in [4.69, 9.17) is 39.5 Å². The Labute approximate surface area is 158 Å². The van der Waals surface area contributed by atoms with Crippen LogP contribution in [0.2, 0.25) is 15.1 Å². The second-order valence-electron chi connectivity index (χ2n) is 4.84. The van der Waals surface area contributed by atoms with E-state index >= 15 is 0 Å². The number of Topliss-reactive ketones (excluding diaryl/α,β-unsaturated/α-hetero) is 1. The number of hydrogen-bond acceptors (Lipinski definition) is 5. The van der Waals surface area contributed by atoms with Crippen LogP contribution in [0.5, 0.6) is 0 Å². The lowest BCUT2D eigenvalue weighted by Crippen LogP contribution is -2.21. The van der Waals surface area contributed by atoms with Crippen LogP contribution in [0.3, 0.4) is 0 Å². The SMILES string of the molecule is CC(=O)c1cccc(NC(=O)COC(=O)c2ncc(Cl)c(Cl)c2Cl)c1. The van der Waals surface area contributed by atoms with Crippen LogP contribution in [-0.2, 0) is 9.53 Å². The molecule has 1 aromatic carbocycles. The maximum atomic E-state index is 11.9. The van der Waals surface area contributed by atoms with Crippen molar-refractivity contribution in [1.82, 2.24) is 4.98 Å². The predicted octanol–water partition coefficient (Wildman–Crippen LogP) is 4.04. The topological polar surface area (TPSA) is 85.4 Å². The van der Waals surface area contributed by atoms with Crippen molar-refractivity contribution in [2.45, 2.75) is 6.92 Å². The van der Waals surface area contributed by atoms with Crippen molar-refractivity contribution in [2.24, 2.45) is 0 Å². The van der Waals surface area contributed by atoms with Crippen LogP contribution in [0.4, 0.5) is 5.69 Å². The summed E-state index contributed by atoms with van der Waals surface area (Å²) in [6.07, 6.45) is 1.15. The smallest absolute Gasteiger partial charge is 0.359 e. The van der Waals surface area contributed by atoms with Crippen molar-refractivity contribution < 1.29 is 19.1 Å². The Kier molecular flexibility index (Phi) is 6.36. The highest BCUT2D eigenvalue weighted by molar-refractivity contribution is 6.48. The highest BCUT2D eigenvalue weighted by Gasteiger charge is 2.19. The predicted molar refractivity (Wildman–Crippen MR) is 94.6 cm³/mol. The van der Waals surface area contributed by atoms with Crippen LogP contribution in [0.1, 0.15) is 27.8 Å². The van der Waals surface area contributed by atoms with Crippen LogP contribution in [0.25, 0.3) is 0 Å². The first-order chi connectivity index (χ1) is 11.8. The molecule has 0 saturated heterocycles. The van der Waals surface area contributed by atoms with Gasteiger partial charge in [0.2, 0.25) is 0 Å². The Morgan fingerprint density at radius 1 is 1.16 bits per heavy atom. The molecule has 6 nitrogen and oxygen atoms in total. The molecule has 0 unspecified atom stereocenters. The Bertz CT molecular complexity index is 855. The van der Waals surface area contributed by atoms with Crippen molar-refractivity contribution in [3.8, 4) is 0 Å². The normalized spacial score (nSPS) is 10.2. The van der Waals surface area contributed by atoms with Crippen LogP contribution >= 0.6 is 34.8 Å². The summed E-state index contributed by atoms with van der Waals surface area (Å²) in [7, 11) is 0. The number of ether oxygens (including phenoxy) is 1. The first-order valence-corrected chi connectivity index (χ1v) is 8.00. The average Bonchev–Trinajstić information content (AvgIpc) is 2.58. The monoisotopic (exact) mass is 400 g/mol. The molecule has 0 atom stereocenters. The van der Waals surface area contributed by atoms with Gasteiger partial charge < -0.3 is 10.1 Å². The summed E-state index contributed by atoms with van der Waals surface area (Å²) in [4.78, 5) is 38.9. The summed E-state index contributed by atoms with van der Waals surface area (Å²) < 4.78 is 4.85. The minimum absolute atomic E-state index is 0.0317. The molecule has 0 fully saturated rings. The first-order valence-electron chi connectivity index (χ1n) is 6.87. The Morgan fingerprint density at radius 2 is 1.88 bits per heavy atom.